The molecule has 7 heteroatoms. The smallest absolute Gasteiger partial charge is 0.234 e. The zero-order chi connectivity index (χ0) is 19.8. The molecule has 0 bridgehead atoms. The highest BCUT2D eigenvalue weighted by atomic mass is 32.2. The summed E-state index contributed by atoms with van der Waals surface area (Å²) in [7, 11) is 0. The van der Waals surface area contributed by atoms with E-state index >= 15 is 0 Å². The number of thioether (sulfide) groups is 1. The molecule has 146 valence electrons. The number of rotatable bonds is 9. The van der Waals surface area contributed by atoms with E-state index in [1.165, 1.54) is 16.5 Å². The lowest BCUT2D eigenvalue weighted by Crippen LogP contribution is -2.27. The van der Waals surface area contributed by atoms with Gasteiger partial charge >= 0.3 is 0 Å². The highest BCUT2D eigenvalue weighted by Crippen LogP contribution is 2.22. The number of hydrogen-bond donors (Lipinski definition) is 2. The largest absolute Gasteiger partial charge is 0.355 e. The zero-order valence-corrected chi connectivity index (χ0v) is 17.4. The van der Waals surface area contributed by atoms with Crippen LogP contribution >= 0.6 is 23.1 Å². The molecule has 2 amide bonds. The van der Waals surface area contributed by atoms with E-state index in [-0.39, 0.29) is 23.3 Å². The van der Waals surface area contributed by atoms with Crippen molar-refractivity contribution in [1.29, 1.82) is 0 Å². The molecular weight excluding hydrogens is 390 g/mol. The van der Waals surface area contributed by atoms with Gasteiger partial charge in [-0.3, -0.25) is 9.59 Å². The molecule has 2 aromatic carbocycles. The molecule has 1 aromatic heterocycles. The maximum atomic E-state index is 11.9. The average Bonchev–Trinajstić information content (AvgIpc) is 3.08. The Kier molecular flexibility index (Phi) is 7.45. The highest BCUT2D eigenvalue weighted by Gasteiger charge is 2.07. The van der Waals surface area contributed by atoms with Crippen molar-refractivity contribution in [2.45, 2.75) is 19.8 Å². The molecule has 3 aromatic rings. The number of nitrogens with one attached hydrogen (secondary N) is 2. The second-order valence-electron chi connectivity index (χ2n) is 6.44. The van der Waals surface area contributed by atoms with E-state index < -0.39 is 0 Å². The van der Waals surface area contributed by atoms with Crippen molar-refractivity contribution >= 4 is 50.8 Å². The number of para-hydroxylation sites is 1. The number of benzene rings is 2. The van der Waals surface area contributed by atoms with Crippen molar-refractivity contribution in [3.8, 4) is 0 Å². The number of nitrogens with zero attached hydrogens (tertiary/aromatic N) is 1. The molecule has 0 saturated heterocycles. The van der Waals surface area contributed by atoms with Crippen molar-refractivity contribution in [2.24, 2.45) is 0 Å². The third-order valence-corrected chi connectivity index (χ3v) is 6.02. The number of carbonyl (C=O) groups is 2. The molecule has 3 rings (SSSR count). The van der Waals surface area contributed by atoms with Gasteiger partial charge in [-0.15, -0.1) is 23.1 Å². The molecule has 0 radical (unpaired) electrons. The van der Waals surface area contributed by atoms with Crippen molar-refractivity contribution in [2.75, 3.05) is 23.4 Å². The van der Waals surface area contributed by atoms with Crippen LogP contribution in [0.25, 0.3) is 10.2 Å². The molecule has 28 heavy (non-hydrogen) atoms. The van der Waals surface area contributed by atoms with E-state index in [9.17, 15) is 9.59 Å². The first-order chi connectivity index (χ1) is 13.6. The number of aromatic nitrogens is 1. The van der Waals surface area contributed by atoms with Crippen LogP contribution in [-0.4, -0.2) is 34.8 Å². The fourth-order valence-electron chi connectivity index (χ4n) is 2.70. The van der Waals surface area contributed by atoms with E-state index in [2.05, 4.69) is 21.7 Å². The Morgan fingerprint density at radius 3 is 2.71 bits per heavy atom. The number of fused-ring (bicyclic) bond motifs is 1. The van der Waals surface area contributed by atoms with E-state index in [1.54, 1.807) is 11.3 Å². The minimum absolute atomic E-state index is 0.0438. The van der Waals surface area contributed by atoms with Crippen LogP contribution in [0.3, 0.4) is 0 Å². The molecule has 0 aliphatic carbocycles. The van der Waals surface area contributed by atoms with Gasteiger partial charge in [-0.1, -0.05) is 24.3 Å². The van der Waals surface area contributed by atoms with Crippen LogP contribution in [0.15, 0.2) is 48.5 Å². The molecule has 0 aliphatic rings. The number of aryl methyl sites for hydroxylation is 2. The predicted molar refractivity (Wildman–Crippen MR) is 118 cm³/mol. The van der Waals surface area contributed by atoms with Gasteiger partial charge in [0.1, 0.15) is 0 Å². The van der Waals surface area contributed by atoms with Gasteiger partial charge < -0.3 is 10.6 Å². The van der Waals surface area contributed by atoms with Gasteiger partial charge in [0.05, 0.1) is 26.7 Å². The summed E-state index contributed by atoms with van der Waals surface area (Å²) in [6, 6.07) is 15.8. The molecule has 5 nitrogen and oxygen atoms in total. The maximum absolute atomic E-state index is 11.9. The monoisotopic (exact) mass is 413 g/mol. The van der Waals surface area contributed by atoms with Crippen LogP contribution < -0.4 is 10.6 Å². The van der Waals surface area contributed by atoms with Gasteiger partial charge in [0.25, 0.3) is 0 Å². The lowest BCUT2D eigenvalue weighted by molar-refractivity contribution is -0.118. The van der Waals surface area contributed by atoms with E-state index in [0.717, 1.165) is 34.6 Å². The fourth-order valence-corrected chi connectivity index (χ4v) is 4.36. The SMILES string of the molecule is Cc1cccc(NC(=O)CSCC(=O)NCCCc2nc3ccccc3s2)c1. The van der Waals surface area contributed by atoms with Gasteiger partial charge in [0.15, 0.2) is 0 Å². The van der Waals surface area contributed by atoms with Crippen molar-refractivity contribution in [3.63, 3.8) is 0 Å². The highest BCUT2D eigenvalue weighted by molar-refractivity contribution is 8.00. The zero-order valence-electron chi connectivity index (χ0n) is 15.7. The minimum atomic E-state index is -0.0979. The molecule has 0 aliphatic heterocycles. The normalized spacial score (nSPS) is 10.8. The second kappa shape index (κ2) is 10.2. The third kappa shape index (κ3) is 6.35. The van der Waals surface area contributed by atoms with Gasteiger partial charge in [-0.05, 0) is 43.2 Å². The Balaban J connectivity index is 1.28. The Labute approximate surface area is 172 Å². The Morgan fingerprint density at radius 2 is 1.89 bits per heavy atom. The standard InChI is InChI=1S/C21H23N3O2S2/c1-15-6-4-7-16(12-15)23-20(26)14-27-13-19(25)22-11-5-10-21-24-17-8-2-3-9-18(17)28-21/h2-4,6-9,12H,5,10-11,13-14H2,1H3,(H,22,25)(H,23,26). The van der Waals surface area contributed by atoms with Crippen LogP contribution in [-0.2, 0) is 16.0 Å². The second-order valence-corrected chi connectivity index (χ2v) is 8.54. The number of thiazole rings is 1. The van der Waals surface area contributed by atoms with Crippen molar-refractivity contribution in [3.05, 3.63) is 59.1 Å². The fraction of sp³-hybridized carbons (Fsp3) is 0.286. The third-order valence-electron chi connectivity index (χ3n) is 4.00. The van der Waals surface area contributed by atoms with Crippen LogP contribution in [0.5, 0.6) is 0 Å². The predicted octanol–water partition coefficient (Wildman–Crippen LogP) is 4.03. The van der Waals surface area contributed by atoms with Crippen LogP contribution in [0.4, 0.5) is 5.69 Å². The summed E-state index contributed by atoms with van der Waals surface area (Å²) >= 11 is 3.02. The first-order valence-corrected chi connectivity index (χ1v) is 11.1. The molecule has 0 spiro atoms. The molecule has 0 unspecified atom stereocenters. The lowest BCUT2D eigenvalue weighted by atomic mass is 10.2. The lowest BCUT2D eigenvalue weighted by Gasteiger charge is -2.06. The summed E-state index contributed by atoms with van der Waals surface area (Å²) in [5.74, 6) is 0.395. The van der Waals surface area contributed by atoms with Gasteiger partial charge in [-0.25, -0.2) is 4.98 Å². The minimum Gasteiger partial charge on any atom is -0.355 e. The average molecular weight is 414 g/mol. The molecular formula is C21H23N3O2S2. The van der Waals surface area contributed by atoms with Gasteiger partial charge in [0.2, 0.25) is 11.8 Å². The number of amides is 2. The van der Waals surface area contributed by atoms with E-state index in [0.29, 0.717) is 6.54 Å². The summed E-state index contributed by atoms with van der Waals surface area (Å²) in [5, 5.41) is 6.84. The Bertz CT molecular complexity index is 922. The van der Waals surface area contributed by atoms with Crippen molar-refractivity contribution in [1.82, 2.24) is 10.3 Å². The molecule has 0 saturated carbocycles. The van der Waals surface area contributed by atoms with Crippen LogP contribution in [0.1, 0.15) is 17.0 Å². The quantitative estimate of drug-likeness (QED) is 0.520. The van der Waals surface area contributed by atoms with E-state index in [4.69, 9.17) is 0 Å². The Morgan fingerprint density at radius 1 is 1.07 bits per heavy atom. The first kappa shape index (κ1) is 20.4. The summed E-state index contributed by atoms with van der Waals surface area (Å²) < 4.78 is 1.20. The summed E-state index contributed by atoms with van der Waals surface area (Å²) in [5.41, 5.74) is 2.91. The molecule has 2 N–H and O–H groups in total. The Hall–Kier alpha value is -2.38. The number of anilines is 1. The van der Waals surface area contributed by atoms with Crippen molar-refractivity contribution < 1.29 is 9.59 Å². The van der Waals surface area contributed by atoms with Crippen LogP contribution in [0, 0.1) is 6.92 Å². The number of carbonyl (C=O) groups excluding carboxylic acids is 2. The summed E-state index contributed by atoms with van der Waals surface area (Å²) in [4.78, 5) is 28.4. The molecule has 0 fully saturated rings. The summed E-state index contributed by atoms with van der Waals surface area (Å²) in [6.07, 6.45) is 1.70. The summed E-state index contributed by atoms with van der Waals surface area (Å²) in [6.45, 7) is 2.59. The topological polar surface area (TPSA) is 71.1 Å². The van der Waals surface area contributed by atoms with Crippen LogP contribution in [0.2, 0.25) is 0 Å². The molecule has 0 atom stereocenters. The van der Waals surface area contributed by atoms with E-state index in [1.807, 2.05) is 49.4 Å². The molecule has 1 heterocycles. The first-order valence-electron chi connectivity index (χ1n) is 9.15. The van der Waals surface area contributed by atoms with Gasteiger partial charge in [-0.2, -0.15) is 0 Å². The maximum Gasteiger partial charge on any atom is 0.234 e. The van der Waals surface area contributed by atoms with Gasteiger partial charge in [0, 0.05) is 18.7 Å². The number of hydrogen-bond acceptors (Lipinski definition) is 5.